The lowest BCUT2D eigenvalue weighted by molar-refractivity contribution is 0.0273. The lowest BCUT2D eigenvalue weighted by Crippen LogP contribution is -2.46. The molecule has 0 bridgehead atoms. The highest BCUT2D eigenvalue weighted by molar-refractivity contribution is 5.67. The topological polar surface area (TPSA) is 58.6 Å². The van der Waals surface area contributed by atoms with Gasteiger partial charge in [0.25, 0.3) is 0 Å². The average molecular weight is 303 g/mol. The van der Waals surface area contributed by atoms with Crippen molar-refractivity contribution in [3.05, 3.63) is 48.6 Å². The minimum atomic E-state index is -0.595. The van der Waals surface area contributed by atoms with E-state index in [0.717, 1.165) is 31.2 Å². The number of aliphatic hydroxyl groups excluding tert-OH is 1. The minimum absolute atomic E-state index is 0.254. The molecule has 1 aromatic rings. The van der Waals surface area contributed by atoms with Crippen LogP contribution < -0.4 is 5.32 Å². The third kappa shape index (κ3) is 4.34. The number of ether oxygens (including phenoxy) is 1. The molecule has 120 valence electrons. The fourth-order valence-corrected chi connectivity index (χ4v) is 3.11. The first-order valence-electron chi connectivity index (χ1n) is 7.91. The van der Waals surface area contributed by atoms with E-state index in [1.807, 2.05) is 30.3 Å². The molecular formula is C18H25NO3. The third-order valence-electron chi connectivity index (χ3n) is 4.50. The van der Waals surface area contributed by atoms with Crippen molar-refractivity contribution in [2.24, 2.45) is 5.41 Å². The normalized spacial score (nSPS) is 18.2. The van der Waals surface area contributed by atoms with Gasteiger partial charge in [-0.15, -0.1) is 6.58 Å². The Morgan fingerprint density at radius 2 is 2.00 bits per heavy atom. The monoisotopic (exact) mass is 303 g/mol. The molecule has 4 nitrogen and oxygen atoms in total. The second kappa shape index (κ2) is 7.99. The minimum Gasteiger partial charge on any atom is -0.445 e. The molecule has 0 spiro atoms. The predicted octanol–water partition coefficient (Wildman–Crippen LogP) is 3.41. The number of hydrogen-bond donors (Lipinski definition) is 2. The molecule has 2 N–H and O–H groups in total. The maximum Gasteiger partial charge on any atom is 0.407 e. The largest absolute Gasteiger partial charge is 0.445 e. The van der Waals surface area contributed by atoms with E-state index in [0.29, 0.717) is 6.54 Å². The van der Waals surface area contributed by atoms with Crippen LogP contribution >= 0.6 is 0 Å². The van der Waals surface area contributed by atoms with Crippen LogP contribution in [0.4, 0.5) is 4.79 Å². The molecule has 2 rings (SSSR count). The van der Waals surface area contributed by atoms with Crippen LogP contribution in [0.15, 0.2) is 43.0 Å². The number of rotatable bonds is 6. The highest BCUT2D eigenvalue weighted by Crippen LogP contribution is 2.39. The highest BCUT2D eigenvalue weighted by atomic mass is 16.5. The molecule has 1 fully saturated rings. The number of carbonyl (C=O) groups is 1. The van der Waals surface area contributed by atoms with Crippen LogP contribution in [-0.2, 0) is 11.3 Å². The Morgan fingerprint density at radius 3 is 2.64 bits per heavy atom. The molecule has 0 aliphatic heterocycles. The summed E-state index contributed by atoms with van der Waals surface area (Å²) < 4.78 is 5.22. The highest BCUT2D eigenvalue weighted by Gasteiger charge is 2.37. The van der Waals surface area contributed by atoms with Gasteiger partial charge >= 0.3 is 6.09 Å². The molecule has 0 radical (unpaired) electrons. The molecule has 1 aromatic carbocycles. The van der Waals surface area contributed by atoms with Crippen LogP contribution in [-0.4, -0.2) is 23.8 Å². The van der Waals surface area contributed by atoms with Gasteiger partial charge in [-0.1, -0.05) is 55.7 Å². The second-order valence-electron chi connectivity index (χ2n) is 6.02. The number of amides is 1. The number of aliphatic hydroxyl groups is 1. The molecule has 0 saturated heterocycles. The zero-order chi connectivity index (χ0) is 15.8. The molecule has 22 heavy (non-hydrogen) atoms. The molecule has 1 amide bonds. The Kier molecular flexibility index (Phi) is 6.01. The lowest BCUT2D eigenvalue weighted by atomic mass is 9.70. The van der Waals surface area contributed by atoms with E-state index in [2.05, 4.69) is 11.9 Å². The van der Waals surface area contributed by atoms with Crippen molar-refractivity contribution in [1.82, 2.24) is 5.32 Å². The van der Waals surface area contributed by atoms with Gasteiger partial charge in [0.15, 0.2) is 0 Å². The summed E-state index contributed by atoms with van der Waals surface area (Å²) in [6, 6.07) is 9.57. The molecule has 1 aliphatic carbocycles. The van der Waals surface area contributed by atoms with Crippen molar-refractivity contribution in [3.8, 4) is 0 Å². The van der Waals surface area contributed by atoms with Gasteiger partial charge in [-0.25, -0.2) is 4.79 Å². The first-order chi connectivity index (χ1) is 10.7. The van der Waals surface area contributed by atoms with Gasteiger partial charge in [0, 0.05) is 12.0 Å². The zero-order valence-electron chi connectivity index (χ0n) is 13.0. The van der Waals surface area contributed by atoms with Crippen molar-refractivity contribution in [1.29, 1.82) is 0 Å². The van der Waals surface area contributed by atoms with E-state index in [4.69, 9.17) is 4.74 Å². The summed E-state index contributed by atoms with van der Waals surface area (Å²) in [5.41, 5.74) is 0.655. The smallest absolute Gasteiger partial charge is 0.407 e. The van der Waals surface area contributed by atoms with E-state index < -0.39 is 12.2 Å². The van der Waals surface area contributed by atoms with E-state index >= 15 is 0 Å². The van der Waals surface area contributed by atoms with Gasteiger partial charge < -0.3 is 15.2 Å². The Bertz CT molecular complexity index is 480. The molecule has 0 aromatic heterocycles. The number of nitrogens with one attached hydrogen (secondary N) is 1. The van der Waals surface area contributed by atoms with Crippen LogP contribution in [0.2, 0.25) is 0 Å². The predicted molar refractivity (Wildman–Crippen MR) is 86.4 cm³/mol. The standard InChI is InChI=1S/C18H25NO3/c1-2-16(20)18(11-7-4-8-12-18)14-19-17(21)22-13-15-9-5-3-6-10-15/h2-3,5-6,9-10,16,20H,1,4,7-8,11-14H2,(H,19,21). The van der Waals surface area contributed by atoms with Crippen molar-refractivity contribution < 1.29 is 14.6 Å². The first kappa shape index (κ1) is 16.6. The number of hydrogen-bond acceptors (Lipinski definition) is 3. The van der Waals surface area contributed by atoms with Crippen LogP contribution in [0.1, 0.15) is 37.7 Å². The van der Waals surface area contributed by atoms with Gasteiger partial charge in [0.2, 0.25) is 0 Å². The average Bonchev–Trinajstić information content (AvgIpc) is 2.59. The molecule has 4 heteroatoms. The van der Waals surface area contributed by atoms with Crippen LogP contribution in [0, 0.1) is 5.41 Å². The maximum absolute atomic E-state index is 11.9. The van der Waals surface area contributed by atoms with E-state index in [1.165, 1.54) is 6.42 Å². The quantitative estimate of drug-likeness (QED) is 0.792. The Hall–Kier alpha value is -1.81. The summed E-state index contributed by atoms with van der Waals surface area (Å²) in [6.07, 6.45) is 5.68. The van der Waals surface area contributed by atoms with Gasteiger partial charge in [0.05, 0.1) is 6.10 Å². The fraction of sp³-hybridized carbons (Fsp3) is 0.500. The van der Waals surface area contributed by atoms with Gasteiger partial charge in [-0.05, 0) is 18.4 Å². The molecular weight excluding hydrogens is 278 g/mol. The molecule has 1 saturated carbocycles. The van der Waals surface area contributed by atoms with Gasteiger partial charge in [-0.3, -0.25) is 0 Å². The van der Waals surface area contributed by atoms with Gasteiger partial charge in [0.1, 0.15) is 6.61 Å². The van der Waals surface area contributed by atoms with Crippen LogP contribution in [0.3, 0.4) is 0 Å². The molecule has 1 atom stereocenters. The molecule has 1 aliphatic rings. The summed E-state index contributed by atoms with van der Waals surface area (Å²) >= 11 is 0. The van der Waals surface area contributed by atoms with Crippen LogP contribution in [0.5, 0.6) is 0 Å². The Morgan fingerprint density at radius 1 is 1.32 bits per heavy atom. The van der Waals surface area contributed by atoms with E-state index in [-0.39, 0.29) is 12.0 Å². The number of benzene rings is 1. The van der Waals surface area contributed by atoms with Crippen molar-refractivity contribution in [2.75, 3.05) is 6.54 Å². The number of alkyl carbamates (subject to hydrolysis) is 1. The van der Waals surface area contributed by atoms with Crippen molar-refractivity contribution in [2.45, 2.75) is 44.8 Å². The fourth-order valence-electron chi connectivity index (χ4n) is 3.11. The summed E-state index contributed by atoms with van der Waals surface area (Å²) in [7, 11) is 0. The summed E-state index contributed by atoms with van der Waals surface area (Å²) in [4.78, 5) is 11.9. The Labute approximate surface area is 132 Å². The van der Waals surface area contributed by atoms with E-state index in [9.17, 15) is 9.90 Å². The first-order valence-corrected chi connectivity index (χ1v) is 7.91. The molecule has 1 unspecified atom stereocenters. The number of carbonyl (C=O) groups excluding carboxylic acids is 1. The summed E-state index contributed by atoms with van der Waals surface area (Å²) in [5, 5.41) is 13.1. The maximum atomic E-state index is 11.9. The summed E-state index contributed by atoms with van der Waals surface area (Å²) in [5.74, 6) is 0. The third-order valence-corrected chi connectivity index (χ3v) is 4.50. The van der Waals surface area contributed by atoms with Gasteiger partial charge in [-0.2, -0.15) is 0 Å². The van der Waals surface area contributed by atoms with Crippen LogP contribution in [0.25, 0.3) is 0 Å². The lowest BCUT2D eigenvalue weighted by Gasteiger charge is -2.40. The summed E-state index contributed by atoms with van der Waals surface area (Å²) in [6.45, 7) is 4.37. The second-order valence-corrected chi connectivity index (χ2v) is 6.02. The van der Waals surface area contributed by atoms with Crippen molar-refractivity contribution >= 4 is 6.09 Å². The Balaban J connectivity index is 1.83. The van der Waals surface area contributed by atoms with Crippen molar-refractivity contribution in [3.63, 3.8) is 0 Å². The SMILES string of the molecule is C=CC(O)C1(CNC(=O)OCc2ccccc2)CCCCC1. The molecule has 0 heterocycles. The zero-order valence-corrected chi connectivity index (χ0v) is 13.0. The van der Waals surface area contributed by atoms with E-state index in [1.54, 1.807) is 6.08 Å².